The average Bonchev–Trinajstić information content (AvgIpc) is 0.847. The van der Waals surface area contributed by atoms with Crippen molar-refractivity contribution in [2.24, 2.45) is 39.9 Å². The predicted octanol–water partition coefficient (Wildman–Crippen LogP) is -3.47. The van der Waals surface area contributed by atoms with Crippen LogP contribution in [0.1, 0.15) is 112 Å². The van der Waals surface area contributed by atoms with Crippen molar-refractivity contribution < 1.29 is 97.3 Å². The fraction of sp³-hybridized carbons (Fsp3) is 0.583. The highest BCUT2D eigenvalue weighted by molar-refractivity contribution is 5.99. The Balaban J connectivity index is 2.38. The smallest absolute Gasteiger partial charge is 0.408 e. The van der Waals surface area contributed by atoms with E-state index < -0.39 is 175 Å². The molecule has 94 heavy (non-hydrogen) atoms. The first-order chi connectivity index (χ1) is 43.9. The van der Waals surface area contributed by atoms with Gasteiger partial charge < -0.3 is 110 Å². The number of alkyl carbamates (subject to hydrolysis) is 2. The van der Waals surface area contributed by atoms with Gasteiger partial charge in [-0.05, 0) is 88.0 Å². The molecule has 0 aliphatic heterocycles. The summed E-state index contributed by atoms with van der Waals surface area (Å²) in [5.41, 5.74) is 15.9. The zero-order valence-corrected chi connectivity index (χ0v) is 54.6. The van der Waals surface area contributed by atoms with Crippen LogP contribution in [0.2, 0.25) is 0 Å². The molecule has 21 N–H and O–H groups in total. The topological polar surface area (TPSA) is 544 Å². The molecule has 0 saturated carbocycles. The van der Waals surface area contributed by atoms with Gasteiger partial charge in [0, 0.05) is 6.54 Å². The van der Waals surface area contributed by atoms with Crippen LogP contribution >= 0.6 is 0 Å². The molecule has 34 heteroatoms. The van der Waals surface area contributed by atoms with Crippen LogP contribution in [0.5, 0.6) is 5.75 Å². The maximum atomic E-state index is 14.3. The number of amides is 11. The lowest BCUT2D eigenvalue weighted by atomic mass is 9.96. The molecule has 0 fully saturated rings. The number of nitrogens with two attached hydrogens (primary N) is 3. The van der Waals surface area contributed by atoms with Gasteiger partial charge in [-0.25, -0.2) is 14.4 Å². The summed E-state index contributed by atoms with van der Waals surface area (Å²) in [6.07, 6.45) is -7.87. The fourth-order valence-electron chi connectivity index (χ4n) is 8.75. The van der Waals surface area contributed by atoms with Gasteiger partial charge in [-0.15, -0.1) is 0 Å². The van der Waals surface area contributed by atoms with E-state index in [4.69, 9.17) is 31.4 Å². The molecule has 2 aromatic carbocycles. The SMILES string of the molecule is CC[C@H](C)C(NC(=O)[C@@H](CCCN=C(N)N)NC(=O)[C@H](CC(C)C)NC(=O)[C@@H](NC(=O)OC(C)(C)C)[C@H](O)C(C)C)C(=O)N[C@H](C(=O)NCC(=O)N[C@H](C(=O)N[C@@H](CO)C(=O)N[C@@H](c1ccc(OC)cc1)[C@H](NC(=O)OCc1ccccc1)C(=O)O)[C@H](O)C(N)=O)[C@H](C)O. The third-order valence-electron chi connectivity index (χ3n) is 14.1. The number of aliphatic hydroxyl groups excluding tert-OH is 4. The van der Waals surface area contributed by atoms with Crippen molar-refractivity contribution in [1.29, 1.82) is 0 Å². The quantitative estimate of drug-likeness (QED) is 0.0176. The number of carboxylic acid groups (broad SMARTS) is 1. The number of carbonyl (C=O) groups is 12. The Morgan fingerprint density at radius 2 is 1.15 bits per heavy atom. The Morgan fingerprint density at radius 3 is 1.67 bits per heavy atom. The number of carboxylic acids is 1. The number of hydrogen-bond acceptors (Lipinski definition) is 20. The Morgan fingerprint density at radius 1 is 0.606 bits per heavy atom. The van der Waals surface area contributed by atoms with Gasteiger partial charge in [-0.2, -0.15) is 0 Å². The van der Waals surface area contributed by atoms with Crippen molar-refractivity contribution in [3.63, 3.8) is 0 Å². The van der Waals surface area contributed by atoms with Crippen molar-refractivity contribution in [1.82, 2.24) is 53.2 Å². The van der Waals surface area contributed by atoms with E-state index in [-0.39, 0.29) is 56.3 Å². The summed E-state index contributed by atoms with van der Waals surface area (Å²) in [6, 6.07) is -2.10. The third-order valence-corrected chi connectivity index (χ3v) is 14.1. The summed E-state index contributed by atoms with van der Waals surface area (Å²) >= 11 is 0. The van der Waals surface area contributed by atoms with Gasteiger partial charge in [0.25, 0.3) is 0 Å². The van der Waals surface area contributed by atoms with E-state index in [1.165, 1.54) is 31.4 Å². The van der Waals surface area contributed by atoms with Gasteiger partial charge in [-0.1, -0.05) is 90.4 Å². The number of carbonyl (C=O) groups excluding carboxylic acids is 11. The Hall–Kier alpha value is -9.41. The standard InChI is InChI=1S/C60H94N14O20/c1-12-31(6)40(70-49(81)36(19-16-24-64-57(62)63)66-50(82)37(25-29(2)3)67-54(86)44(46(78)30(4)5)74-59(91)94-60(8,9)10)53(85)71-41(32(7)76)52(84)65-26-39(77)69-45(47(79)48(61)80)55(87)68-38(27-75)51(83)72-42(34-20-22-35(92-11)23-21-34)43(56(88)89)73-58(90)93-28-33-17-14-13-15-18-33/h13-15,17-18,20-23,29-32,36-38,40-47,75-76,78-79H,12,16,19,24-28H2,1-11H3,(H2,61,80)(H,65,84)(H,66,82)(H,67,86)(H,68,87)(H,69,77)(H,70,81)(H,71,85)(H,72,83)(H,73,90)(H,74,91)(H,88,89)(H4,62,63,64)/t31-,32-,36+,37-,38-,40?,41-,42-,43-,44-,45-,46+,47-/m0/s1. The van der Waals surface area contributed by atoms with Crippen LogP contribution in [0.25, 0.3) is 0 Å². The van der Waals surface area contributed by atoms with Crippen LogP contribution in [0.15, 0.2) is 59.6 Å². The molecule has 1 unspecified atom stereocenters. The van der Waals surface area contributed by atoms with E-state index in [0.29, 0.717) is 11.3 Å². The highest BCUT2D eigenvalue weighted by Gasteiger charge is 2.41. The summed E-state index contributed by atoms with van der Waals surface area (Å²) < 4.78 is 15.7. The molecule has 0 radical (unpaired) electrons. The summed E-state index contributed by atoms with van der Waals surface area (Å²) in [5, 5.41) is 76.4. The number of hydrogen-bond donors (Lipinski definition) is 18. The molecule has 524 valence electrons. The summed E-state index contributed by atoms with van der Waals surface area (Å²) in [5.74, 6) is -14.1. The molecule has 13 atom stereocenters. The molecule has 0 heterocycles. The molecule has 0 bridgehead atoms. The first-order valence-electron chi connectivity index (χ1n) is 30.2. The molecule has 0 spiro atoms. The number of benzene rings is 2. The molecule has 2 rings (SSSR count). The third kappa shape index (κ3) is 27.8. The minimum atomic E-state index is -2.56. The maximum Gasteiger partial charge on any atom is 0.408 e. The maximum absolute atomic E-state index is 14.3. The van der Waals surface area contributed by atoms with Gasteiger partial charge in [0.2, 0.25) is 53.2 Å². The lowest BCUT2D eigenvalue weighted by Crippen LogP contribution is -2.63. The summed E-state index contributed by atoms with van der Waals surface area (Å²) in [4.78, 5) is 166. The van der Waals surface area contributed by atoms with Gasteiger partial charge in [-0.3, -0.25) is 48.1 Å². The van der Waals surface area contributed by atoms with E-state index in [2.05, 4.69) is 47.5 Å². The summed E-state index contributed by atoms with van der Waals surface area (Å²) in [7, 11) is 1.35. The Bertz CT molecular complexity index is 2910. The monoisotopic (exact) mass is 1330 g/mol. The molecule has 0 aliphatic carbocycles. The van der Waals surface area contributed by atoms with Crippen molar-refractivity contribution in [3.05, 3.63) is 65.7 Å². The first-order valence-corrected chi connectivity index (χ1v) is 30.2. The van der Waals surface area contributed by atoms with Crippen LogP contribution < -0.4 is 75.1 Å². The number of aliphatic carboxylic acids is 1. The fourth-order valence-corrected chi connectivity index (χ4v) is 8.75. The second-order valence-electron chi connectivity index (χ2n) is 23.8. The van der Waals surface area contributed by atoms with Crippen molar-refractivity contribution in [3.8, 4) is 5.75 Å². The normalized spacial score (nSPS) is 15.4. The van der Waals surface area contributed by atoms with E-state index in [9.17, 15) is 83.1 Å². The van der Waals surface area contributed by atoms with Crippen LogP contribution in [-0.2, 0) is 64.0 Å². The van der Waals surface area contributed by atoms with E-state index >= 15 is 0 Å². The molecule has 0 aliphatic rings. The Kier molecular flexibility index (Phi) is 33.7. The average molecular weight is 1330 g/mol. The van der Waals surface area contributed by atoms with Crippen molar-refractivity contribution in [2.45, 2.75) is 180 Å². The number of nitrogens with one attached hydrogen (secondary N) is 10. The number of guanidine groups is 1. The van der Waals surface area contributed by atoms with Crippen LogP contribution in [-0.4, -0.2) is 202 Å². The second-order valence-corrected chi connectivity index (χ2v) is 23.8. The molecule has 11 amide bonds. The first kappa shape index (κ1) is 80.7. The van der Waals surface area contributed by atoms with Crippen LogP contribution in [0.3, 0.4) is 0 Å². The van der Waals surface area contributed by atoms with E-state index in [1.54, 1.807) is 92.6 Å². The van der Waals surface area contributed by atoms with Gasteiger partial charge >= 0.3 is 18.2 Å². The molecule has 34 nitrogen and oxygen atoms in total. The number of primary amides is 1. The van der Waals surface area contributed by atoms with Crippen LogP contribution in [0.4, 0.5) is 9.59 Å². The second kappa shape index (κ2) is 39.2. The number of ether oxygens (including phenoxy) is 3. The van der Waals surface area contributed by atoms with Crippen LogP contribution in [0, 0.1) is 17.8 Å². The minimum Gasteiger partial charge on any atom is -0.497 e. The number of methoxy groups -OCH3 is 1. The molecule has 0 aromatic heterocycles. The number of aliphatic imine (C=N–C) groups is 1. The molecule has 2 aromatic rings. The lowest BCUT2D eigenvalue weighted by Gasteiger charge is -2.31. The van der Waals surface area contributed by atoms with E-state index in [0.717, 1.165) is 6.92 Å². The minimum absolute atomic E-state index is 0.0128. The predicted molar refractivity (Wildman–Crippen MR) is 336 cm³/mol. The lowest BCUT2D eigenvalue weighted by molar-refractivity contribution is -0.141. The molecular weight excluding hydrogens is 1240 g/mol. The van der Waals surface area contributed by atoms with Gasteiger partial charge in [0.15, 0.2) is 18.1 Å². The van der Waals surface area contributed by atoms with Crippen molar-refractivity contribution >= 4 is 77.3 Å². The number of nitrogens with zero attached hydrogens (tertiary/aromatic N) is 1. The molecular formula is C60H94N14O20. The Labute approximate surface area is 544 Å². The zero-order chi connectivity index (χ0) is 71.3. The van der Waals surface area contributed by atoms with Gasteiger partial charge in [0.1, 0.15) is 60.3 Å². The summed E-state index contributed by atoms with van der Waals surface area (Å²) in [6.45, 7) is 13.1. The number of rotatable bonds is 38. The highest BCUT2D eigenvalue weighted by atomic mass is 16.6. The zero-order valence-electron chi connectivity index (χ0n) is 54.6. The largest absolute Gasteiger partial charge is 0.497 e. The highest BCUT2D eigenvalue weighted by Crippen LogP contribution is 2.23. The number of aliphatic hydroxyl groups is 4. The molecule has 0 saturated heterocycles. The van der Waals surface area contributed by atoms with E-state index in [1.807, 2.05) is 10.6 Å². The van der Waals surface area contributed by atoms with Crippen molar-refractivity contribution in [2.75, 3.05) is 26.8 Å². The van der Waals surface area contributed by atoms with Gasteiger partial charge in [0.05, 0.1) is 38.5 Å².